The highest BCUT2D eigenvalue weighted by Crippen LogP contribution is 2.18. The fraction of sp³-hybridized carbons (Fsp3) is 0.176. The van der Waals surface area contributed by atoms with Gasteiger partial charge in [-0.1, -0.05) is 29.1 Å². The van der Waals surface area contributed by atoms with E-state index in [-0.39, 0.29) is 5.49 Å². The lowest BCUT2D eigenvalue weighted by atomic mass is 10.1. The topological polar surface area (TPSA) is 98.5 Å². The predicted molar refractivity (Wildman–Crippen MR) is 91.3 cm³/mol. The van der Waals surface area contributed by atoms with Crippen LogP contribution in [0.3, 0.4) is 0 Å². The maximum Gasteiger partial charge on any atom is 0.438 e. The van der Waals surface area contributed by atoms with E-state index in [0.29, 0.717) is 16.2 Å². The molecule has 8 nitrogen and oxygen atoms in total. The monoisotopic (exact) mass is 339 g/mol. The number of nitro groups is 1. The first-order valence-corrected chi connectivity index (χ1v) is 7.62. The van der Waals surface area contributed by atoms with E-state index in [4.69, 9.17) is 0 Å². The van der Waals surface area contributed by atoms with Gasteiger partial charge in [-0.2, -0.15) is 0 Å². The lowest BCUT2D eigenvalue weighted by Gasteiger charge is -2.03. The second kappa shape index (κ2) is 6.23. The molecule has 0 fully saturated rings. The maximum absolute atomic E-state index is 11.4. The zero-order valence-electron chi connectivity index (χ0n) is 14.0. The summed E-state index contributed by atoms with van der Waals surface area (Å²) in [6, 6.07) is 12.7. The van der Waals surface area contributed by atoms with Gasteiger partial charge in [-0.15, -0.1) is 0 Å². The van der Waals surface area contributed by atoms with Gasteiger partial charge in [-0.05, 0) is 65.4 Å². The van der Waals surface area contributed by atoms with E-state index < -0.39 is 10.7 Å². The van der Waals surface area contributed by atoms with Crippen molar-refractivity contribution in [1.29, 1.82) is 0 Å². The first-order valence-electron chi connectivity index (χ1n) is 7.62. The quantitative estimate of drug-likeness (QED) is 0.450. The van der Waals surface area contributed by atoms with Crippen molar-refractivity contribution in [3.05, 3.63) is 74.8 Å². The molecule has 0 saturated heterocycles. The average molecular weight is 339 g/mol. The highest BCUT2D eigenvalue weighted by molar-refractivity contribution is 5.44. The molecule has 1 heterocycles. The van der Waals surface area contributed by atoms with Crippen molar-refractivity contribution in [1.82, 2.24) is 14.7 Å². The first kappa shape index (κ1) is 16.4. The van der Waals surface area contributed by atoms with Crippen molar-refractivity contribution in [3.8, 4) is 5.69 Å². The van der Waals surface area contributed by atoms with Crippen molar-refractivity contribution >= 4 is 11.5 Å². The van der Waals surface area contributed by atoms with Gasteiger partial charge in [0.2, 0.25) is 0 Å². The van der Waals surface area contributed by atoms with E-state index in [0.717, 1.165) is 21.5 Å². The van der Waals surface area contributed by atoms with Crippen LogP contribution in [0.1, 0.15) is 16.7 Å². The van der Waals surface area contributed by atoms with Crippen molar-refractivity contribution in [2.75, 3.05) is 0 Å². The molecule has 0 saturated carbocycles. The van der Waals surface area contributed by atoms with Crippen LogP contribution in [-0.2, 0) is 0 Å². The standard InChI is InChI=1S/C17H17N5O3/c1-11-8-12(2)10-14(9-11)18-16-17(22(24)25)19-20(21(16)23)15-7-5-4-6-13(15)3/h4-10,23H,1-3H3. The van der Waals surface area contributed by atoms with E-state index in [9.17, 15) is 15.3 Å². The maximum atomic E-state index is 11.4. The average Bonchev–Trinajstić information content (AvgIpc) is 2.84. The number of aromatic nitrogens is 3. The molecule has 1 aromatic heterocycles. The lowest BCUT2D eigenvalue weighted by Crippen LogP contribution is -2.22. The van der Waals surface area contributed by atoms with E-state index in [2.05, 4.69) is 10.1 Å². The van der Waals surface area contributed by atoms with Crippen molar-refractivity contribution in [2.24, 2.45) is 4.99 Å². The Balaban J connectivity index is 2.28. The van der Waals surface area contributed by atoms with Gasteiger partial charge < -0.3 is 15.3 Å². The molecule has 1 N–H and O–H groups in total. The molecule has 0 amide bonds. The molecule has 0 spiro atoms. The van der Waals surface area contributed by atoms with Crippen LogP contribution in [0.15, 0.2) is 47.5 Å². The minimum Gasteiger partial charge on any atom is -0.409 e. The minimum absolute atomic E-state index is 0.238. The molecule has 0 aliphatic heterocycles. The molecule has 0 unspecified atom stereocenters. The Morgan fingerprint density at radius 2 is 1.76 bits per heavy atom. The lowest BCUT2D eigenvalue weighted by molar-refractivity contribution is -0.391. The Bertz CT molecular complexity index is 1010. The Kier molecular flexibility index (Phi) is 4.10. The van der Waals surface area contributed by atoms with Crippen molar-refractivity contribution in [3.63, 3.8) is 0 Å². The van der Waals surface area contributed by atoms with Crippen LogP contribution in [-0.4, -0.2) is 24.9 Å². The Morgan fingerprint density at radius 1 is 1.12 bits per heavy atom. The molecule has 0 bridgehead atoms. The molecule has 0 aliphatic rings. The Morgan fingerprint density at radius 3 is 2.36 bits per heavy atom. The van der Waals surface area contributed by atoms with Crippen LogP contribution in [0.2, 0.25) is 0 Å². The highest BCUT2D eigenvalue weighted by atomic mass is 16.6. The summed E-state index contributed by atoms with van der Waals surface area (Å²) in [4.78, 5) is 16.6. The van der Waals surface area contributed by atoms with E-state index in [1.165, 1.54) is 0 Å². The smallest absolute Gasteiger partial charge is 0.409 e. The summed E-state index contributed by atoms with van der Waals surface area (Å²) in [6.45, 7) is 5.64. The molecule has 0 aliphatic carbocycles. The third-order valence-corrected chi connectivity index (χ3v) is 3.70. The van der Waals surface area contributed by atoms with Crippen LogP contribution < -0.4 is 5.49 Å². The minimum atomic E-state index is -0.664. The van der Waals surface area contributed by atoms with E-state index in [1.807, 2.05) is 39.0 Å². The van der Waals surface area contributed by atoms with Gasteiger partial charge in [-0.3, -0.25) is 0 Å². The van der Waals surface area contributed by atoms with Crippen molar-refractivity contribution in [2.45, 2.75) is 20.8 Å². The van der Waals surface area contributed by atoms with Crippen LogP contribution in [0, 0.1) is 30.9 Å². The molecule has 3 aromatic rings. The van der Waals surface area contributed by atoms with Crippen LogP contribution >= 0.6 is 0 Å². The molecule has 8 heteroatoms. The highest BCUT2D eigenvalue weighted by Gasteiger charge is 2.24. The van der Waals surface area contributed by atoms with Crippen LogP contribution in [0.5, 0.6) is 0 Å². The Labute approximate surface area is 143 Å². The number of benzene rings is 2. The van der Waals surface area contributed by atoms with Gasteiger partial charge in [0.1, 0.15) is 5.69 Å². The summed E-state index contributed by atoms with van der Waals surface area (Å²) >= 11 is 0. The SMILES string of the molecule is Cc1cc(C)cc(N=c2c([N+](=O)[O-])nn(-c3ccccc3C)n2O)c1. The number of para-hydroxylation sites is 1. The van der Waals surface area contributed by atoms with Gasteiger partial charge in [0.05, 0.1) is 10.8 Å². The van der Waals surface area contributed by atoms with Crippen LogP contribution in [0.4, 0.5) is 11.5 Å². The van der Waals surface area contributed by atoms with Crippen molar-refractivity contribution < 1.29 is 10.1 Å². The fourth-order valence-electron chi connectivity index (χ4n) is 2.65. The molecule has 25 heavy (non-hydrogen) atoms. The summed E-state index contributed by atoms with van der Waals surface area (Å²) in [5.74, 6) is -0.523. The summed E-state index contributed by atoms with van der Waals surface area (Å²) < 4.78 is 0. The summed E-state index contributed by atoms with van der Waals surface area (Å²) in [7, 11) is 0. The third-order valence-electron chi connectivity index (χ3n) is 3.70. The van der Waals surface area contributed by atoms with Gasteiger partial charge in [0.25, 0.3) is 5.49 Å². The summed E-state index contributed by atoms with van der Waals surface area (Å²) in [5.41, 5.74) is 3.54. The molecule has 3 rings (SSSR count). The fourth-order valence-corrected chi connectivity index (χ4v) is 2.65. The normalized spacial score (nSPS) is 11.7. The molecule has 0 radical (unpaired) electrons. The van der Waals surface area contributed by atoms with E-state index >= 15 is 0 Å². The largest absolute Gasteiger partial charge is 0.438 e. The molecule has 0 atom stereocenters. The number of hydrogen-bond donors (Lipinski definition) is 1. The molecular formula is C17H17N5O3. The van der Waals surface area contributed by atoms with Crippen LogP contribution in [0.25, 0.3) is 5.69 Å². The zero-order valence-corrected chi connectivity index (χ0v) is 14.0. The van der Waals surface area contributed by atoms with Gasteiger partial charge in [0.15, 0.2) is 0 Å². The molecular weight excluding hydrogens is 322 g/mol. The second-order valence-electron chi connectivity index (χ2n) is 5.83. The Hall–Kier alpha value is -3.42. The van der Waals surface area contributed by atoms with Gasteiger partial charge >= 0.3 is 5.82 Å². The van der Waals surface area contributed by atoms with E-state index in [1.54, 1.807) is 24.3 Å². The summed E-state index contributed by atoms with van der Waals surface area (Å²) in [5, 5.41) is 25.7. The number of nitrogens with zero attached hydrogens (tertiary/aromatic N) is 5. The third kappa shape index (κ3) is 3.14. The number of hydrogen-bond acceptors (Lipinski definition) is 5. The summed E-state index contributed by atoms with van der Waals surface area (Å²) in [6.07, 6.45) is 0. The molecule has 2 aromatic carbocycles. The van der Waals surface area contributed by atoms with Gasteiger partial charge in [0, 0.05) is 0 Å². The number of aryl methyl sites for hydroxylation is 3. The number of rotatable bonds is 3. The predicted octanol–water partition coefficient (Wildman–Crippen LogP) is 2.98. The van der Waals surface area contributed by atoms with Gasteiger partial charge in [-0.25, -0.2) is 4.99 Å². The molecule has 128 valence electrons. The second-order valence-corrected chi connectivity index (χ2v) is 5.83. The zero-order chi connectivity index (χ0) is 18.1. The first-order chi connectivity index (χ1) is 11.9.